The Morgan fingerprint density at radius 1 is 0.625 bits per heavy atom. The Morgan fingerprint density at radius 2 is 1.16 bits per heavy atom. The molecule has 1 heterocycles. The van der Waals surface area contributed by atoms with Gasteiger partial charge in [0.15, 0.2) is 11.5 Å². The lowest BCUT2D eigenvalue weighted by Crippen LogP contribution is -2.15. The normalized spacial score (nSPS) is 11.5. The maximum absolute atomic E-state index is 12.8. The SMILES string of the molecule is O=C(Oc1cc2c(cc1OC(=O)c1ccccc1)-c1ccccc1NC2)c1ccccc1. The number of para-hydroxylation sites is 1. The van der Waals surface area contributed by atoms with Crippen LogP contribution in [0.5, 0.6) is 11.5 Å². The van der Waals surface area contributed by atoms with Crippen LogP contribution in [0.1, 0.15) is 26.3 Å². The number of hydrogen-bond donors (Lipinski definition) is 1. The fourth-order valence-corrected chi connectivity index (χ4v) is 3.69. The molecule has 0 amide bonds. The third kappa shape index (κ3) is 3.84. The molecule has 4 aromatic carbocycles. The van der Waals surface area contributed by atoms with Crippen molar-refractivity contribution < 1.29 is 19.1 Å². The van der Waals surface area contributed by atoms with Crippen LogP contribution < -0.4 is 14.8 Å². The van der Waals surface area contributed by atoms with E-state index in [2.05, 4.69) is 5.32 Å². The summed E-state index contributed by atoms with van der Waals surface area (Å²) in [4.78, 5) is 25.5. The number of carbonyl (C=O) groups is 2. The minimum atomic E-state index is -0.523. The van der Waals surface area contributed by atoms with Crippen LogP contribution in [0.15, 0.2) is 97.1 Å². The summed E-state index contributed by atoms with van der Waals surface area (Å²) in [7, 11) is 0. The van der Waals surface area contributed by atoms with E-state index in [1.165, 1.54) is 0 Å². The van der Waals surface area contributed by atoms with Crippen molar-refractivity contribution >= 4 is 17.6 Å². The van der Waals surface area contributed by atoms with E-state index in [0.717, 1.165) is 22.4 Å². The highest BCUT2D eigenvalue weighted by Crippen LogP contribution is 2.42. The topological polar surface area (TPSA) is 64.6 Å². The molecule has 0 radical (unpaired) electrons. The molecule has 0 spiro atoms. The second kappa shape index (κ2) is 8.40. The first-order valence-corrected chi connectivity index (χ1v) is 10.2. The van der Waals surface area contributed by atoms with Crippen molar-refractivity contribution in [3.8, 4) is 22.6 Å². The van der Waals surface area contributed by atoms with Gasteiger partial charge in [0.2, 0.25) is 0 Å². The lowest BCUT2D eigenvalue weighted by Gasteiger charge is -2.23. The molecule has 4 aromatic rings. The maximum atomic E-state index is 12.8. The van der Waals surface area contributed by atoms with Gasteiger partial charge in [0.25, 0.3) is 0 Å². The Hall–Kier alpha value is -4.38. The van der Waals surface area contributed by atoms with E-state index in [1.807, 2.05) is 36.4 Å². The molecule has 32 heavy (non-hydrogen) atoms. The van der Waals surface area contributed by atoms with E-state index in [-0.39, 0.29) is 11.5 Å². The minimum absolute atomic E-state index is 0.193. The Morgan fingerprint density at radius 3 is 1.78 bits per heavy atom. The van der Waals surface area contributed by atoms with Crippen LogP contribution >= 0.6 is 0 Å². The van der Waals surface area contributed by atoms with E-state index in [0.29, 0.717) is 17.7 Å². The number of hydrogen-bond acceptors (Lipinski definition) is 5. The molecule has 0 fully saturated rings. The summed E-state index contributed by atoms with van der Waals surface area (Å²) >= 11 is 0. The zero-order valence-electron chi connectivity index (χ0n) is 17.1. The second-order valence-corrected chi connectivity index (χ2v) is 7.37. The Labute approximate surface area is 185 Å². The number of fused-ring (bicyclic) bond motifs is 3. The standard InChI is InChI=1S/C27H19NO4/c29-26(18-9-3-1-4-10-18)31-24-15-20-17-28-23-14-8-7-13-21(23)22(20)16-25(24)32-27(30)19-11-5-2-6-12-19/h1-16,28H,17H2. The predicted octanol–water partition coefficient (Wildman–Crippen LogP) is 5.72. The quantitative estimate of drug-likeness (QED) is 0.337. The molecule has 0 aliphatic carbocycles. The van der Waals surface area contributed by atoms with Gasteiger partial charge < -0.3 is 14.8 Å². The minimum Gasteiger partial charge on any atom is -0.419 e. The molecule has 5 nitrogen and oxygen atoms in total. The lowest BCUT2D eigenvalue weighted by atomic mass is 9.94. The summed E-state index contributed by atoms with van der Waals surface area (Å²) in [5, 5.41) is 3.37. The molecule has 1 aliphatic rings. The van der Waals surface area contributed by atoms with Gasteiger partial charge in [0, 0.05) is 17.8 Å². The van der Waals surface area contributed by atoms with E-state index in [1.54, 1.807) is 60.7 Å². The van der Waals surface area contributed by atoms with Crippen molar-refractivity contribution in [1.82, 2.24) is 0 Å². The maximum Gasteiger partial charge on any atom is 0.343 e. The summed E-state index contributed by atoms with van der Waals surface area (Å²) in [6.07, 6.45) is 0. The molecule has 0 unspecified atom stereocenters. The van der Waals surface area contributed by atoms with Crippen LogP contribution in [0.25, 0.3) is 11.1 Å². The monoisotopic (exact) mass is 421 g/mol. The molecule has 1 aliphatic heterocycles. The van der Waals surface area contributed by atoms with Crippen LogP contribution in [0.4, 0.5) is 5.69 Å². The third-order valence-electron chi connectivity index (χ3n) is 5.28. The summed E-state index contributed by atoms with van der Waals surface area (Å²) in [6, 6.07) is 28.8. The summed E-state index contributed by atoms with van der Waals surface area (Å²) in [5.41, 5.74) is 4.68. The van der Waals surface area contributed by atoms with Crippen LogP contribution in [-0.2, 0) is 6.54 Å². The first kappa shape index (κ1) is 19.6. The van der Waals surface area contributed by atoms with E-state index >= 15 is 0 Å². The van der Waals surface area contributed by atoms with Gasteiger partial charge in [0.05, 0.1) is 11.1 Å². The van der Waals surface area contributed by atoms with Gasteiger partial charge in [-0.05, 0) is 53.6 Å². The van der Waals surface area contributed by atoms with Crippen molar-refractivity contribution in [1.29, 1.82) is 0 Å². The molecule has 0 aromatic heterocycles. The molecule has 0 atom stereocenters. The van der Waals surface area contributed by atoms with Crippen LogP contribution in [0.3, 0.4) is 0 Å². The Bertz CT molecular complexity index is 1300. The lowest BCUT2D eigenvalue weighted by molar-refractivity contribution is 0.0682. The molecular formula is C27H19NO4. The van der Waals surface area contributed by atoms with Crippen molar-refractivity contribution in [3.63, 3.8) is 0 Å². The average molecular weight is 421 g/mol. The number of rotatable bonds is 4. The molecule has 0 bridgehead atoms. The van der Waals surface area contributed by atoms with E-state index < -0.39 is 11.9 Å². The van der Waals surface area contributed by atoms with Crippen LogP contribution in [-0.4, -0.2) is 11.9 Å². The average Bonchev–Trinajstić information content (AvgIpc) is 2.85. The van der Waals surface area contributed by atoms with E-state index in [4.69, 9.17) is 9.47 Å². The molecule has 5 rings (SSSR count). The third-order valence-corrected chi connectivity index (χ3v) is 5.28. The number of esters is 2. The van der Waals surface area contributed by atoms with Gasteiger partial charge in [-0.2, -0.15) is 0 Å². The summed E-state index contributed by atoms with van der Waals surface area (Å²) in [6.45, 7) is 0.565. The molecule has 0 saturated heterocycles. The zero-order valence-corrected chi connectivity index (χ0v) is 17.1. The highest BCUT2D eigenvalue weighted by Gasteiger charge is 2.23. The number of anilines is 1. The first-order chi connectivity index (χ1) is 15.7. The van der Waals surface area contributed by atoms with Gasteiger partial charge in [-0.15, -0.1) is 0 Å². The smallest absolute Gasteiger partial charge is 0.343 e. The van der Waals surface area contributed by atoms with Gasteiger partial charge in [-0.3, -0.25) is 0 Å². The van der Waals surface area contributed by atoms with Crippen molar-refractivity contribution in [2.75, 3.05) is 5.32 Å². The Kier molecular flexibility index (Phi) is 5.14. The summed E-state index contributed by atoms with van der Waals surface area (Å²) < 4.78 is 11.4. The van der Waals surface area contributed by atoms with E-state index in [9.17, 15) is 9.59 Å². The summed E-state index contributed by atoms with van der Waals surface area (Å²) in [5.74, 6) is -0.654. The molecule has 156 valence electrons. The predicted molar refractivity (Wildman–Crippen MR) is 122 cm³/mol. The number of nitrogens with one attached hydrogen (secondary N) is 1. The number of carbonyl (C=O) groups excluding carboxylic acids is 2. The van der Waals surface area contributed by atoms with Gasteiger partial charge in [-0.25, -0.2) is 9.59 Å². The van der Waals surface area contributed by atoms with Gasteiger partial charge >= 0.3 is 11.9 Å². The van der Waals surface area contributed by atoms with Crippen molar-refractivity contribution in [2.24, 2.45) is 0 Å². The molecule has 5 heteroatoms. The fraction of sp³-hybridized carbons (Fsp3) is 0.0370. The zero-order chi connectivity index (χ0) is 21.9. The number of ether oxygens (including phenoxy) is 2. The fourth-order valence-electron chi connectivity index (χ4n) is 3.69. The first-order valence-electron chi connectivity index (χ1n) is 10.2. The van der Waals surface area contributed by atoms with Crippen molar-refractivity contribution in [2.45, 2.75) is 6.54 Å². The van der Waals surface area contributed by atoms with Gasteiger partial charge in [0.1, 0.15) is 0 Å². The molecular weight excluding hydrogens is 402 g/mol. The van der Waals surface area contributed by atoms with Crippen LogP contribution in [0.2, 0.25) is 0 Å². The Balaban J connectivity index is 1.56. The van der Waals surface area contributed by atoms with Gasteiger partial charge in [-0.1, -0.05) is 54.6 Å². The second-order valence-electron chi connectivity index (χ2n) is 7.37. The van der Waals surface area contributed by atoms with Crippen LogP contribution in [0, 0.1) is 0 Å². The highest BCUT2D eigenvalue weighted by molar-refractivity contribution is 5.94. The van der Waals surface area contributed by atoms with Crippen molar-refractivity contribution in [3.05, 3.63) is 114 Å². The highest BCUT2D eigenvalue weighted by atomic mass is 16.6. The number of benzene rings is 4. The molecule has 1 N–H and O–H groups in total. The molecule has 0 saturated carbocycles. The largest absolute Gasteiger partial charge is 0.419 e.